The summed E-state index contributed by atoms with van der Waals surface area (Å²) in [6.07, 6.45) is 4.02. The normalized spacial score (nSPS) is 12.9. The highest BCUT2D eigenvalue weighted by Gasteiger charge is 2.34. The van der Waals surface area contributed by atoms with Crippen molar-refractivity contribution in [3.63, 3.8) is 0 Å². The number of rotatable bonds is 4. The van der Waals surface area contributed by atoms with Gasteiger partial charge in [-0.15, -0.1) is 0 Å². The Hall–Kier alpha value is -2.73. The Bertz CT molecular complexity index is 968. The van der Waals surface area contributed by atoms with Crippen LogP contribution in [0, 0.1) is 0 Å². The molecule has 1 aliphatic rings. The van der Waals surface area contributed by atoms with Crippen LogP contribution in [0.5, 0.6) is 5.75 Å². The van der Waals surface area contributed by atoms with Crippen LogP contribution in [0.3, 0.4) is 0 Å². The molecule has 0 N–H and O–H groups in total. The zero-order valence-electron chi connectivity index (χ0n) is 14.2. The summed E-state index contributed by atoms with van der Waals surface area (Å²) in [6, 6.07) is 14.7. The van der Waals surface area contributed by atoms with Crippen LogP contribution in [-0.4, -0.2) is 29.9 Å². The molecule has 2 aromatic carbocycles. The van der Waals surface area contributed by atoms with Crippen molar-refractivity contribution in [2.45, 2.75) is 0 Å². The number of imide groups is 1. The third kappa shape index (κ3) is 3.20. The van der Waals surface area contributed by atoms with Crippen LogP contribution in [0.2, 0.25) is 0 Å². The molecule has 0 radical (unpaired) electrons. The van der Waals surface area contributed by atoms with Gasteiger partial charge < -0.3 is 21.7 Å². The lowest BCUT2D eigenvalue weighted by Crippen LogP contribution is -3.00. The van der Waals surface area contributed by atoms with Gasteiger partial charge in [-0.1, -0.05) is 12.1 Å². The summed E-state index contributed by atoms with van der Waals surface area (Å²) in [5, 5.41) is 2.20. The minimum absolute atomic E-state index is 0. The number of pyridine rings is 1. The van der Waals surface area contributed by atoms with E-state index in [1.54, 1.807) is 24.3 Å². The summed E-state index contributed by atoms with van der Waals surface area (Å²) < 4.78 is 7.74. The zero-order valence-corrected chi connectivity index (χ0v) is 15.8. The molecule has 0 fully saturated rings. The van der Waals surface area contributed by atoms with E-state index in [0.29, 0.717) is 11.1 Å². The van der Waals surface area contributed by atoms with Gasteiger partial charge in [0.1, 0.15) is 19.4 Å². The van der Waals surface area contributed by atoms with Crippen LogP contribution >= 0.6 is 0 Å². The number of nitrogens with zero attached hydrogens (tertiary/aromatic N) is 2. The van der Waals surface area contributed by atoms with Gasteiger partial charge in [-0.2, -0.15) is 0 Å². The van der Waals surface area contributed by atoms with Gasteiger partial charge in [0.25, 0.3) is 11.8 Å². The number of ether oxygens (including phenoxy) is 1. The molecule has 0 atom stereocenters. The second-order valence-corrected chi connectivity index (χ2v) is 6.06. The number of fused-ring (bicyclic) bond motifs is 2. The number of hydrogen-bond acceptors (Lipinski definition) is 3. The van der Waals surface area contributed by atoms with Gasteiger partial charge in [0.15, 0.2) is 12.4 Å². The summed E-state index contributed by atoms with van der Waals surface area (Å²) >= 11 is 0. The fourth-order valence-corrected chi connectivity index (χ4v) is 3.06. The molecule has 6 heteroatoms. The molecule has 2 heterocycles. The molecule has 1 aromatic heterocycles. The van der Waals surface area contributed by atoms with Crippen molar-refractivity contribution in [1.82, 2.24) is 4.90 Å². The molecule has 5 nitrogen and oxygen atoms in total. The first kappa shape index (κ1) is 18.1. The molecule has 0 bridgehead atoms. The fourth-order valence-electron chi connectivity index (χ4n) is 3.06. The molecule has 2 amide bonds. The Morgan fingerprint density at radius 3 is 2.35 bits per heavy atom. The van der Waals surface area contributed by atoms with E-state index in [2.05, 4.69) is 0 Å². The Morgan fingerprint density at radius 2 is 1.65 bits per heavy atom. The smallest absolute Gasteiger partial charge is 0.261 e. The predicted molar refractivity (Wildman–Crippen MR) is 92.4 cm³/mol. The highest BCUT2D eigenvalue weighted by molar-refractivity contribution is 6.21. The van der Waals surface area contributed by atoms with Crippen LogP contribution < -0.4 is 26.3 Å². The Kier molecular flexibility index (Phi) is 5.04. The first-order valence-electron chi connectivity index (χ1n) is 8.10. The topological polar surface area (TPSA) is 50.5 Å². The first-order chi connectivity index (χ1) is 12.1. The lowest BCUT2D eigenvalue weighted by Gasteiger charge is -2.14. The van der Waals surface area contributed by atoms with Crippen LogP contribution in [0.4, 0.5) is 0 Å². The van der Waals surface area contributed by atoms with Crippen molar-refractivity contribution >= 4 is 22.6 Å². The molecular weight excluding hydrogens is 396 g/mol. The standard InChI is InChI=1S/C20H17N2O3.BrH/c1-21-9-8-14-12-16(7-6-15(14)13-21)25-11-10-22-19(23)17-4-2-3-5-18(17)20(22)24;/h2-9,12-13H,10-11H2,1H3;1H/q+1;/p-1. The van der Waals surface area contributed by atoms with Crippen molar-refractivity contribution in [2.24, 2.45) is 7.05 Å². The van der Waals surface area contributed by atoms with E-state index in [1.165, 1.54) is 4.90 Å². The molecule has 0 aliphatic carbocycles. The van der Waals surface area contributed by atoms with Gasteiger partial charge in [0, 0.05) is 11.5 Å². The molecule has 132 valence electrons. The van der Waals surface area contributed by atoms with Crippen LogP contribution in [0.1, 0.15) is 20.7 Å². The molecule has 0 saturated carbocycles. The summed E-state index contributed by atoms with van der Waals surface area (Å²) in [5.41, 5.74) is 0.928. The molecule has 3 aromatic rings. The largest absolute Gasteiger partial charge is 1.00 e. The number of amides is 2. The van der Waals surface area contributed by atoms with E-state index in [0.717, 1.165) is 16.5 Å². The molecule has 1 aliphatic heterocycles. The van der Waals surface area contributed by atoms with E-state index in [4.69, 9.17) is 4.74 Å². The van der Waals surface area contributed by atoms with Crippen LogP contribution in [-0.2, 0) is 7.05 Å². The van der Waals surface area contributed by atoms with Gasteiger partial charge in [-0.25, -0.2) is 4.57 Å². The third-order valence-corrected chi connectivity index (χ3v) is 4.35. The Balaban J connectivity index is 0.00000196. The minimum atomic E-state index is -0.254. The van der Waals surface area contributed by atoms with Crippen molar-refractivity contribution in [3.8, 4) is 5.75 Å². The van der Waals surface area contributed by atoms with Crippen LogP contribution in [0.15, 0.2) is 60.9 Å². The van der Waals surface area contributed by atoms with Gasteiger partial charge in [-0.05, 0) is 35.7 Å². The number of halogens is 1. The maximum Gasteiger partial charge on any atom is 0.261 e. The predicted octanol–water partition coefficient (Wildman–Crippen LogP) is -0.657. The summed E-state index contributed by atoms with van der Waals surface area (Å²) in [5.74, 6) is 0.211. The van der Waals surface area contributed by atoms with E-state index in [1.807, 2.05) is 48.3 Å². The zero-order chi connectivity index (χ0) is 17.4. The van der Waals surface area contributed by atoms with Crippen LogP contribution in [0.25, 0.3) is 10.8 Å². The van der Waals surface area contributed by atoms with Crippen molar-refractivity contribution in [3.05, 3.63) is 72.1 Å². The molecule has 4 rings (SSSR count). The lowest BCUT2D eigenvalue weighted by molar-refractivity contribution is -0.670. The average Bonchev–Trinajstić information content (AvgIpc) is 2.87. The Labute approximate surface area is 161 Å². The maximum atomic E-state index is 12.3. The highest BCUT2D eigenvalue weighted by Crippen LogP contribution is 2.23. The number of hydrogen-bond donors (Lipinski definition) is 0. The average molecular weight is 413 g/mol. The summed E-state index contributed by atoms with van der Waals surface area (Å²) in [6.45, 7) is 0.492. The summed E-state index contributed by atoms with van der Waals surface area (Å²) in [7, 11) is 1.98. The van der Waals surface area contributed by atoms with Gasteiger partial charge >= 0.3 is 0 Å². The maximum absolute atomic E-state index is 12.3. The van der Waals surface area contributed by atoms with E-state index >= 15 is 0 Å². The number of carbonyl (C=O) groups is 2. The van der Waals surface area contributed by atoms with Crippen molar-refractivity contribution in [1.29, 1.82) is 0 Å². The summed E-state index contributed by atoms with van der Waals surface area (Å²) in [4.78, 5) is 25.8. The Morgan fingerprint density at radius 1 is 0.962 bits per heavy atom. The van der Waals surface area contributed by atoms with E-state index in [9.17, 15) is 9.59 Å². The number of aryl methyl sites for hydroxylation is 1. The number of carbonyl (C=O) groups excluding carboxylic acids is 2. The molecular formula is C20H17BrN2O3. The van der Waals surface area contributed by atoms with Crippen molar-refractivity contribution < 1.29 is 35.9 Å². The third-order valence-electron chi connectivity index (χ3n) is 4.35. The van der Waals surface area contributed by atoms with E-state index in [-0.39, 0.29) is 41.9 Å². The molecule has 0 saturated heterocycles. The SMILES string of the molecule is C[n+]1ccc2cc(OCCN3C(=O)c4ccccc4C3=O)ccc2c1.[Br-]. The monoisotopic (exact) mass is 412 g/mol. The first-order valence-corrected chi connectivity index (χ1v) is 8.10. The van der Waals surface area contributed by atoms with Gasteiger partial charge in [-0.3, -0.25) is 14.5 Å². The lowest BCUT2D eigenvalue weighted by atomic mass is 10.1. The number of aromatic nitrogens is 1. The van der Waals surface area contributed by atoms with E-state index < -0.39 is 0 Å². The molecule has 0 unspecified atom stereocenters. The minimum Gasteiger partial charge on any atom is -1.00 e. The molecule has 0 spiro atoms. The van der Waals surface area contributed by atoms with Crippen molar-refractivity contribution in [2.75, 3.05) is 13.2 Å². The quantitative estimate of drug-likeness (QED) is 0.422. The van der Waals surface area contributed by atoms with Gasteiger partial charge in [0.05, 0.1) is 17.7 Å². The molecule has 26 heavy (non-hydrogen) atoms. The highest BCUT2D eigenvalue weighted by atomic mass is 79.9. The van der Waals surface area contributed by atoms with Gasteiger partial charge in [0.2, 0.25) is 0 Å². The second kappa shape index (κ2) is 7.25. The second-order valence-electron chi connectivity index (χ2n) is 6.06. The fraction of sp³-hybridized carbons (Fsp3) is 0.150. The number of benzene rings is 2.